The van der Waals surface area contributed by atoms with Gasteiger partial charge in [-0.05, 0) is 24.3 Å². The Kier molecular flexibility index (Phi) is 3.08. The molecule has 0 aliphatic heterocycles. The number of rotatable bonds is 2. The van der Waals surface area contributed by atoms with Crippen LogP contribution in [0.5, 0.6) is 5.75 Å². The zero-order valence-electron chi connectivity index (χ0n) is 9.92. The van der Waals surface area contributed by atoms with Crippen molar-refractivity contribution in [3.05, 3.63) is 47.4 Å². The number of phenolic OH excluding ortho intramolecular Hbond substituents is 1. The molecule has 7 heteroatoms. The quantitative estimate of drug-likeness (QED) is 0.784. The predicted molar refractivity (Wildman–Crippen MR) is 69.6 cm³/mol. The van der Waals surface area contributed by atoms with E-state index in [1.165, 1.54) is 18.3 Å². The van der Waals surface area contributed by atoms with Crippen molar-refractivity contribution in [2.75, 3.05) is 0 Å². The summed E-state index contributed by atoms with van der Waals surface area (Å²) in [6.45, 7) is 0. The molecule has 0 fully saturated rings. The zero-order valence-corrected chi connectivity index (χ0v) is 10.7. The van der Waals surface area contributed by atoms with Crippen LogP contribution in [-0.2, 0) is 0 Å². The van der Waals surface area contributed by atoms with Gasteiger partial charge >= 0.3 is 0 Å². The van der Waals surface area contributed by atoms with Crippen LogP contribution in [-0.4, -0.2) is 20.2 Å². The summed E-state index contributed by atoms with van der Waals surface area (Å²) in [5.41, 5.74) is 0.727. The van der Waals surface area contributed by atoms with E-state index in [0.717, 1.165) is 6.07 Å². The maximum atomic E-state index is 12.9. The second-order valence-corrected chi connectivity index (χ2v) is 4.38. The Morgan fingerprint density at radius 3 is 2.75 bits per heavy atom. The second kappa shape index (κ2) is 4.90. The zero-order chi connectivity index (χ0) is 14.1. The van der Waals surface area contributed by atoms with Crippen LogP contribution in [0.25, 0.3) is 23.0 Å². The molecule has 3 aromatic rings. The van der Waals surface area contributed by atoms with Crippen LogP contribution in [0, 0.1) is 5.82 Å². The van der Waals surface area contributed by atoms with E-state index >= 15 is 0 Å². The summed E-state index contributed by atoms with van der Waals surface area (Å²) in [6.07, 6.45) is 1.46. The lowest BCUT2D eigenvalue weighted by Gasteiger charge is -1.98. The molecule has 20 heavy (non-hydrogen) atoms. The summed E-state index contributed by atoms with van der Waals surface area (Å²) >= 11 is 5.74. The van der Waals surface area contributed by atoms with Gasteiger partial charge in [0.05, 0.1) is 10.6 Å². The molecule has 0 bridgehead atoms. The van der Waals surface area contributed by atoms with Crippen LogP contribution in [0.15, 0.2) is 41.1 Å². The minimum Gasteiger partial charge on any atom is -0.507 e. The Hall–Kier alpha value is -2.47. The van der Waals surface area contributed by atoms with Crippen molar-refractivity contribution < 1.29 is 14.0 Å². The molecular formula is C13H7ClFN3O2. The van der Waals surface area contributed by atoms with Crippen LogP contribution < -0.4 is 0 Å². The SMILES string of the molecule is Oc1cc(F)ccc1-c1nc(-c2ccc(Cl)cn2)no1. The highest BCUT2D eigenvalue weighted by Crippen LogP contribution is 2.29. The van der Waals surface area contributed by atoms with Gasteiger partial charge in [-0.1, -0.05) is 16.8 Å². The van der Waals surface area contributed by atoms with E-state index in [1.54, 1.807) is 12.1 Å². The van der Waals surface area contributed by atoms with Crippen molar-refractivity contribution >= 4 is 11.6 Å². The molecule has 5 nitrogen and oxygen atoms in total. The lowest BCUT2D eigenvalue weighted by Crippen LogP contribution is -1.85. The van der Waals surface area contributed by atoms with E-state index < -0.39 is 5.82 Å². The number of phenols is 1. The average Bonchev–Trinajstić information content (AvgIpc) is 2.89. The van der Waals surface area contributed by atoms with Crippen molar-refractivity contribution in [1.29, 1.82) is 0 Å². The summed E-state index contributed by atoms with van der Waals surface area (Å²) in [6, 6.07) is 6.81. The first-order chi connectivity index (χ1) is 9.63. The van der Waals surface area contributed by atoms with Crippen molar-refractivity contribution in [2.45, 2.75) is 0 Å². The number of benzene rings is 1. The minimum absolute atomic E-state index is 0.0780. The fraction of sp³-hybridized carbons (Fsp3) is 0. The summed E-state index contributed by atoms with van der Waals surface area (Å²) in [5, 5.41) is 13.9. The number of pyridine rings is 1. The molecule has 0 spiro atoms. The highest BCUT2D eigenvalue weighted by atomic mass is 35.5. The van der Waals surface area contributed by atoms with Gasteiger partial charge in [0, 0.05) is 12.3 Å². The largest absolute Gasteiger partial charge is 0.507 e. The minimum atomic E-state index is -0.551. The van der Waals surface area contributed by atoms with Crippen molar-refractivity contribution in [3.8, 4) is 28.7 Å². The maximum Gasteiger partial charge on any atom is 0.262 e. The van der Waals surface area contributed by atoms with Gasteiger partial charge in [0.1, 0.15) is 17.3 Å². The van der Waals surface area contributed by atoms with E-state index in [4.69, 9.17) is 16.1 Å². The predicted octanol–water partition coefficient (Wildman–Crippen LogP) is 3.30. The third kappa shape index (κ3) is 2.33. The molecule has 0 unspecified atom stereocenters. The molecule has 100 valence electrons. The smallest absolute Gasteiger partial charge is 0.262 e. The highest BCUT2D eigenvalue weighted by molar-refractivity contribution is 6.30. The van der Waals surface area contributed by atoms with Crippen LogP contribution in [0.3, 0.4) is 0 Å². The van der Waals surface area contributed by atoms with Crippen LogP contribution >= 0.6 is 11.6 Å². The number of aromatic nitrogens is 3. The first-order valence-corrected chi connectivity index (χ1v) is 5.96. The summed E-state index contributed by atoms with van der Waals surface area (Å²) < 4.78 is 18.0. The topological polar surface area (TPSA) is 72.0 Å². The van der Waals surface area contributed by atoms with Gasteiger partial charge in [0.2, 0.25) is 5.82 Å². The summed E-state index contributed by atoms with van der Waals surface area (Å²) in [4.78, 5) is 8.16. The molecule has 0 saturated carbocycles. The number of halogens is 2. The monoisotopic (exact) mass is 291 g/mol. The fourth-order valence-corrected chi connectivity index (χ4v) is 1.74. The molecule has 1 aromatic carbocycles. The normalized spacial score (nSPS) is 10.7. The lowest BCUT2D eigenvalue weighted by molar-refractivity contribution is 0.424. The Morgan fingerprint density at radius 1 is 1.20 bits per heavy atom. The second-order valence-electron chi connectivity index (χ2n) is 3.95. The standard InChI is InChI=1S/C13H7ClFN3O2/c14-7-1-4-10(16-6-7)12-17-13(20-18-12)9-3-2-8(15)5-11(9)19/h1-6,19H. The molecule has 2 aromatic heterocycles. The molecule has 1 N–H and O–H groups in total. The summed E-state index contributed by atoms with van der Waals surface area (Å²) in [7, 11) is 0. The third-order valence-corrected chi connectivity index (χ3v) is 2.80. The summed E-state index contributed by atoms with van der Waals surface area (Å²) in [5.74, 6) is -0.496. The molecule has 0 amide bonds. The number of hydrogen-bond acceptors (Lipinski definition) is 5. The molecule has 0 radical (unpaired) electrons. The van der Waals surface area contributed by atoms with Gasteiger partial charge in [0.15, 0.2) is 0 Å². The van der Waals surface area contributed by atoms with Gasteiger partial charge in [-0.15, -0.1) is 0 Å². The molecule has 2 heterocycles. The Balaban J connectivity index is 1.99. The first kappa shape index (κ1) is 12.6. The molecule has 0 aliphatic carbocycles. The lowest BCUT2D eigenvalue weighted by atomic mass is 10.2. The number of aromatic hydroxyl groups is 1. The van der Waals surface area contributed by atoms with Crippen LogP contribution in [0.4, 0.5) is 4.39 Å². The molecular weight excluding hydrogens is 285 g/mol. The fourth-order valence-electron chi connectivity index (χ4n) is 1.63. The van der Waals surface area contributed by atoms with Gasteiger partial charge in [-0.3, -0.25) is 4.98 Å². The van der Waals surface area contributed by atoms with Crippen molar-refractivity contribution in [1.82, 2.24) is 15.1 Å². The average molecular weight is 292 g/mol. The van der Waals surface area contributed by atoms with Gasteiger partial charge in [-0.25, -0.2) is 4.39 Å². The van der Waals surface area contributed by atoms with E-state index in [0.29, 0.717) is 10.7 Å². The molecule has 3 rings (SSSR count). The van der Waals surface area contributed by atoms with Crippen molar-refractivity contribution in [2.24, 2.45) is 0 Å². The van der Waals surface area contributed by atoms with E-state index in [-0.39, 0.29) is 23.0 Å². The van der Waals surface area contributed by atoms with Crippen molar-refractivity contribution in [3.63, 3.8) is 0 Å². The highest BCUT2D eigenvalue weighted by Gasteiger charge is 2.15. The van der Waals surface area contributed by atoms with E-state index in [2.05, 4.69) is 15.1 Å². The maximum absolute atomic E-state index is 12.9. The van der Waals surface area contributed by atoms with Gasteiger partial charge in [0.25, 0.3) is 5.89 Å². The Bertz CT molecular complexity index is 759. The number of nitrogens with zero attached hydrogens (tertiary/aromatic N) is 3. The first-order valence-electron chi connectivity index (χ1n) is 5.58. The van der Waals surface area contributed by atoms with Gasteiger partial charge < -0.3 is 9.63 Å². The van der Waals surface area contributed by atoms with Crippen LogP contribution in [0.2, 0.25) is 5.02 Å². The molecule has 0 atom stereocenters. The van der Waals surface area contributed by atoms with Crippen LogP contribution in [0.1, 0.15) is 0 Å². The van der Waals surface area contributed by atoms with E-state index in [1.807, 2.05) is 0 Å². The Labute approximate surface area is 117 Å². The molecule has 0 aliphatic rings. The third-order valence-electron chi connectivity index (χ3n) is 2.57. The Morgan fingerprint density at radius 2 is 2.05 bits per heavy atom. The number of hydrogen-bond donors (Lipinski definition) is 1. The molecule has 0 saturated heterocycles. The van der Waals surface area contributed by atoms with Gasteiger partial charge in [-0.2, -0.15) is 4.98 Å². The van der Waals surface area contributed by atoms with E-state index in [9.17, 15) is 9.50 Å².